The van der Waals surface area contributed by atoms with Crippen LogP contribution in [0.2, 0.25) is 0 Å². The molecule has 146 valence electrons. The zero-order valence-electron chi connectivity index (χ0n) is 16.2. The predicted molar refractivity (Wildman–Crippen MR) is 112 cm³/mol. The van der Waals surface area contributed by atoms with Crippen LogP contribution in [0.4, 0.5) is 4.79 Å². The van der Waals surface area contributed by atoms with Crippen LogP contribution in [-0.4, -0.2) is 32.0 Å². The molecule has 0 aromatic heterocycles. The van der Waals surface area contributed by atoms with Gasteiger partial charge in [0.15, 0.2) is 0 Å². The lowest BCUT2D eigenvalue weighted by Gasteiger charge is -2.12. The molecule has 1 saturated carbocycles. The van der Waals surface area contributed by atoms with Crippen LogP contribution in [0.25, 0.3) is 6.08 Å². The Balaban J connectivity index is 1.44. The minimum Gasteiger partial charge on any atom is -0.492 e. The largest absolute Gasteiger partial charge is 0.492 e. The van der Waals surface area contributed by atoms with E-state index >= 15 is 0 Å². The summed E-state index contributed by atoms with van der Waals surface area (Å²) in [4.78, 5) is 16.2. The van der Waals surface area contributed by atoms with Crippen molar-refractivity contribution in [3.05, 3.63) is 71.8 Å². The van der Waals surface area contributed by atoms with E-state index < -0.39 is 6.09 Å². The Morgan fingerprint density at radius 3 is 2.71 bits per heavy atom. The van der Waals surface area contributed by atoms with Crippen molar-refractivity contribution in [3.8, 4) is 5.75 Å². The molecule has 0 bridgehead atoms. The van der Waals surface area contributed by atoms with Gasteiger partial charge in [-0.1, -0.05) is 43.0 Å². The van der Waals surface area contributed by atoms with Crippen molar-refractivity contribution in [3.63, 3.8) is 0 Å². The molecular weight excluding hydrogens is 352 g/mol. The second-order valence-electron chi connectivity index (χ2n) is 6.67. The number of amides is 1. The number of aliphatic imine (C=N–C) groups is 1. The first-order chi connectivity index (χ1) is 13.7. The maximum Gasteiger partial charge on any atom is 0.407 e. The third kappa shape index (κ3) is 5.46. The maximum atomic E-state index is 11.7. The van der Waals surface area contributed by atoms with Gasteiger partial charge in [0.1, 0.15) is 19.0 Å². The highest BCUT2D eigenvalue weighted by atomic mass is 16.5. The molecule has 0 radical (unpaired) electrons. The number of nitrogens with zero attached hydrogens (tertiary/aromatic N) is 1. The zero-order valence-corrected chi connectivity index (χ0v) is 16.2. The van der Waals surface area contributed by atoms with Crippen molar-refractivity contribution >= 4 is 17.9 Å². The lowest BCUT2D eigenvalue weighted by molar-refractivity contribution is 0.137. The number of nitrogens with one attached hydrogen (secondary N) is 1. The minimum absolute atomic E-state index is 0.250. The molecule has 1 aliphatic rings. The Kier molecular flexibility index (Phi) is 6.84. The van der Waals surface area contributed by atoms with Crippen molar-refractivity contribution in [2.75, 3.05) is 20.2 Å². The molecule has 0 saturated heterocycles. The van der Waals surface area contributed by atoms with Crippen molar-refractivity contribution in [1.29, 1.82) is 0 Å². The highest BCUT2D eigenvalue weighted by Crippen LogP contribution is 2.35. The Bertz CT molecular complexity index is 842. The van der Waals surface area contributed by atoms with Gasteiger partial charge >= 0.3 is 6.09 Å². The van der Waals surface area contributed by atoms with Gasteiger partial charge in [0, 0.05) is 24.2 Å². The van der Waals surface area contributed by atoms with Crippen LogP contribution in [0.5, 0.6) is 5.75 Å². The lowest BCUT2D eigenvalue weighted by Crippen LogP contribution is -2.28. The average molecular weight is 378 g/mol. The van der Waals surface area contributed by atoms with Gasteiger partial charge in [0.05, 0.1) is 6.54 Å². The summed E-state index contributed by atoms with van der Waals surface area (Å²) >= 11 is 0. The van der Waals surface area contributed by atoms with E-state index in [-0.39, 0.29) is 6.61 Å². The summed E-state index contributed by atoms with van der Waals surface area (Å²) in [5, 5.41) is 2.69. The van der Waals surface area contributed by atoms with Crippen LogP contribution in [0.3, 0.4) is 0 Å². The summed E-state index contributed by atoms with van der Waals surface area (Å²) in [5.74, 6) is 1.31. The molecule has 2 aromatic carbocycles. The molecule has 2 aromatic rings. The summed E-state index contributed by atoms with van der Waals surface area (Å²) in [6.07, 6.45) is 3.78. The van der Waals surface area contributed by atoms with Gasteiger partial charge in [-0.15, -0.1) is 0 Å². The number of carbonyl (C=O) groups excluding carboxylic acids is 1. The van der Waals surface area contributed by atoms with Gasteiger partial charge < -0.3 is 14.8 Å². The molecule has 0 atom stereocenters. The molecule has 0 aliphatic heterocycles. The van der Waals surface area contributed by atoms with Crippen LogP contribution in [0, 0.1) is 5.92 Å². The summed E-state index contributed by atoms with van der Waals surface area (Å²) in [6, 6.07) is 15.5. The third-order valence-corrected chi connectivity index (χ3v) is 4.58. The van der Waals surface area contributed by atoms with Crippen LogP contribution < -0.4 is 10.1 Å². The van der Waals surface area contributed by atoms with Crippen molar-refractivity contribution in [2.45, 2.75) is 19.4 Å². The summed E-state index contributed by atoms with van der Waals surface area (Å²) in [7, 11) is 1.84. The highest BCUT2D eigenvalue weighted by Gasteiger charge is 2.29. The zero-order chi connectivity index (χ0) is 19.8. The number of ether oxygens (including phenoxy) is 2. The van der Waals surface area contributed by atoms with E-state index in [2.05, 4.69) is 16.9 Å². The Labute approximate surface area is 166 Å². The van der Waals surface area contributed by atoms with Gasteiger partial charge in [0.2, 0.25) is 0 Å². The topological polar surface area (TPSA) is 59.9 Å². The monoisotopic (exact) mass is 378 g/mol. The fraction of sp³-hybridized carbons (Fsp3) is 0.304. The van der Waals surface area contributed by atoms with Crippen molar-refractivity contribution in [2.24, 2.45) is 10.9 Å². The molecule has 5 nitrogen and oxygen atoms in total. The van der Waals surface area contributed by atoms with E-state index in [1.165, 1.54) is 12.8 Å². The molecule has 3 rings (SSSR count). The lowest BCUT2D eigenvalue weighted by atomic mass is 9.99. The summed E-state index contributed by atoms with van der Waals surface area (Å²) < 4.78 is 10.9. The van der Waals surface area contributed by atoms with Gasteiger partial charge in [-0.25, -0.2) is 4.79 Å². The first-order valence-corrected chi connectivity index (χ1v) is 9.52. The first kappa shape index (κ1) is 19.7. The molecule has 1 aliphatic carbocycles. The number of hydrogen-bond acceptors (Lipinski definition) is 4. The molecular formula is C23H26N2O3. The molecule has 0 unspecified atom stereocenters. The van der Waals surface area contributed by atoms with Crippen molar-refractivity contribution in [1.82, 2.24) is 5.32 Å². The fourth-order valence-electron chi connectivity index (χ4n) is 3.01. The van der Waals surface area contributed by atoms with Gasteiger partial charge in [-0.3, -0.25) is 4.99 Å². The minimum atomic E-state index is -0.456. The van der Waals surface area contributed by atoms with E-state index in [1.54, 1.807) is 0 Å². The first-order valence-electron chi connectivity index (χ1n) is 9.52. The maximum absolute atomic E-state index is 11.7. The van der Waals surface area contributed by atoms with E-state index in [0.717, 1.165) is 28.2 Å². The second-order valence-corrected chi connectivity index (χ2v) is 6.67. The van der Waals surface area contributed by atoms with E-state index in [4.69, 9.17) is 9.47 Å². The smallest absolute Gasteiger partial charge is 0.407 e. The number of alkyl carbamates (subject to hydrolysis) is 1. The summed E-state index contributed by atoms with van der Waals surface area (Å²) in [5.41, 5.74) is 4.23. The Hall–Kier alpha value is -3.08. The number of benzene rings is 2. The molecule has 28 heavy (non-hydrogen) atoms. The number of hydrogen-bond donors (Lipinski definition) is 1. The van der Waals surface area contributed by atoms with Gasteiger partial charge in [-0.2, -0.15) is 0 Å². The molecule has 1 fully saturated rings. The van der Waals surface area contributed by atoms with E-state index in [9.17, 15) is 4.79 Å². The number of carbonyl (C=O) groups is 1. The molecule has 5 heteroatoms. The Morgan fingerprint density at radius 2 is 2.04 bits per heavy atom. The van der Waals surface area contributed by atoms with Crippen molar-refractivity contribution < 1.29 is 14.3 Å². The normalized spacial score (nSPS) is 13.7. The average Bonchev–Trinajstić information content (AvgIpc) is 3.57. The highest BCUT2D eigenvalue weighted by molar-refractivity contribution is 6.06. The Morgan fingerprint density at radius 1 is 1.25 bits per heavy atom. The third-order valence-electron chi connectivity index (χ3n) is 4.58. The SMILES string of the molecule is C=Cc1cc(OCCNC(=O)OCc2ccccc2)ccc1C(=NC)C1CC1. The van der Waals surface area contributed by atoms with Crippen LogP contribution >= 0.6 is 0 Å². The molecule has 1 N–H and O–H groups in total. The quantitative estimate of drug-likeness (QED) is 0.517. The standard InChI is InChI=1S/C23H26N2O3/c1-3-18-15-20(11-12-21(18)22(24-2)19-9-10-19)27-14-13-25-23(26)28-16-17-7-5-4-6-8-17/h3-8,11-12,15,19H,1,9-10,13-14,16H2,2H3,(H,25,26). The molecule has 0 spiro atoms. The van der Waals surface area contributed by atoms with Crippen LogP contribution in [-0.2, 0) is 11.3 Å². The molecule has 1 amide bonds. The van der Waals surface area contributed by atoms with Gasteiger partial charge in [-0.05, 0) is 42.2 Å². The van der Waals surface area contributed by atoms with Gasteiger partial charge in [0.25, 0.3) is 0 Å². The van der Waals surface area contributed by atoms with Crippen LogP contribution in [0.15, 0.2) is 60.1 Å². The second kappa shape index (κ2) is 9.74. The number of rotatable bonds is 9. The fourth-order valence-corrected chi connectivity index (χ4v) is 3.01. The van der Waals surface area contributed by atoms with E-state index in [1.807, 2.05) is 61.7 Å². The molecule has 0 heterocycles. The predicted octanol–water partition coefficient (Wildman–Crippen LogP) is 4.46. The van der Waals surface area contributed by atoms with Crippen LogP contribution in [0.1, 0.15) is 29.5 Å². The summed E-state index contributed by atoms with van der Waals surface area (Å²) in [6.45, 7) is 4.88. The van der Waals surface area contributed by atoms with E-state index in [0.29, 0.717) is 19.1 Å².